The number of fused-ring (bicyclic) bond motifs is 1. The molecule has 0 unspecified atom stereocenters. The fraction of sp³-hybridized carbons (Fsp3) is 0.111. The largest absolute Gasteiger partial charge is 0.356 e. The third-order valence-corrected chi connectivity index (χ3v) is 4.03. The van der Waals surface area contributed by atoms with Crippen LogP contribution in [0.5, 0.6) is 0 Å². The van der Waals surface area contributed by atoms with Gasteiger partial charge >= 0.3 is 0 Å². The Morgan fingerprint density at radius 2 is 2.12 bits per heavy atom. The predicted octanol–water partition coefficient (Wildman–Crippen LogP) is 3.55. The highest BCUT2D eigenvalue weighted by Gasteiger charge is 2.21. The predicted molar refractivity (Wildman–Crippen MR) is 86.8 cm³/mol. The summed E-state index contributed by atoms with van der Waals surface area (Å²) in [5.74, 6) is -1.74. The van der Waals surface area contributed by atoms with Crippen LogP contribution in [0.15, 0.2) is 39.9 Å². The van der Waals surface area contributed by atoms with Crippen molar-refractivity contribution in [1.29, 1.82) is 0 Å². The van der Waals surface area contributed by atoms with Crippen LogP contribution >= 0.6 is 0 Å². The summed E-state index contributed by atoms with van der Waals surface area (Å²) >= 11 is 0. The molecule has 4 aromatic rings. The fourth-order valence-corrected chi connectivity index (χ4v) is 2.77. The van der Waals surface area contributed by atoms with E-state index in [2.05, 4.69) is 22.4 Å². The Morgan fingerprint density at radius 1 is 1.28 bits per heavy atom. The second-order valence-corrected chi connectivity index (χ2v) is 5.41. The van der Waals surface area contributed by atoms with Crippen LogP contribution in [-0.2, 0) is 6.54 Å². The van der Waals surface area contributed by atoms with Crippen molar-refractivity contribution in [3.63, 3.8) is 0 Å². The zero-order chi connectivity index (χ0) is 17.6. The number of hydrogen-bond acceptors (Lipinski definition) is 3. The quantitative estimate of drug-likeness (QED) is 0.621. The van der Waals surface area contributed by atoms with Gasteiger partial charge in [-0.1, -0.05) is 17.3 Å². The van der Waals surface area contributed by atoms with Crippen molar-refractivity contribution >= 4 is 10.9 Å². The molecule has 1 N–H and O–H groups in total. The second-order valence-electron chi connectivity index (χ2n) is 5.41. The molecule has 0 fully saturated rings. The third kappa shape index (κ3) is 2.22. The molecular formula is C18H11F2N3O2. The molecule has 7 heteroatoms. The molecule has 3 aromatic heterocycles. The average molecular weight is 339 g/mol. The maximum atomic E-state index is 14.1. The van der Waals surface area contributed by atoms with E-state index in [4.69, 9.17) is 4.52 Å². The Morgan fingerprint density at radius 3 is 2.92 bits per heavy atom. The van der Waals surface area contributed by atoms with Gasteiger partial charge in [0.15, 0.2) is 17.4 Å². The average Bonchev–Trinajstić information content (AvgIpc) is 3.24. The first-order valence-corrected chi connectivity index (χ1v) is 7.56. The summed E-state index contributed by atoms with van der Waals surface area (Å²) in [5.41, 5.74) is 0.864. The molecule has 0 atom stereocenters. The van der Waals surface area contributed by atoms with Crippen LogP contribution in [0.1, 0.15) is 6.92 Å². The molecule has 0 saturated carbocycles. The molecule has 0 aliphatic rings. The summed E-state index contributed by atoms with van der Waals surface area (Å²) in [4.78, 5) is 15.2. The molecule has 25 heavy (non-hydrogen) atoms. The van der Waals surface area contributed by atoms with E-state index in [1.165, 1.54) is 22.9 Å². The van der Waals surface area contributed by atoms with Crippen LogP contribution in [-0.4, -0.2) is 14.7 Å². The minimum atomic E-state index is -0.990. The van der Waals surface area contributed by atoms with Crippen molar-refractivity contribution in [2.75, 3.05) is 0 Å². The molecule has 0 radical (unpaired) electrons. The molecule has 0 bridgehead atoms. The van der Waals surface area contributed by atoms with Gasteiger partial charge in [-0.3, -0.25) is 9.36 Å². The molecule has 124 valence electrons. The van der Waals surface area contributed by atoms with E-state index in [9.17, 15) is 13.6 Å². The lowest BCUT2D eigenvalue weighted by Crippen LogP contribution is -2.17. The van der Waals surface area contributed by atoms with Gasteiger partial charge in [-0.15, -0.1) is 0 Å². The van der Waals surface area contributed by atoms with Gasteiger partial charge < -0.3 is 9.51 Å². The highest BCUT2D eigenvalue weighted by Crippen LogP contribution is 2.36. The first-order chi connectivity index (χ1) is 12.1. The zero-order valence-corrected chi connectivity index (χ0v) is 13.1. The number of benzene rings is 1. The summed E-state index contributed by atoms with van der Waals surface area (Å²) in [6.45, 7) is 2.28. The smallest absolute Gasteiger partial charge is 0.283 e. The number of nitrogens with zero attached hydrogens (tertiary/aromatic N) is 2. The Kier molecular flexibility index (Phi) is 3.39. The topological polar surface area (TPSA) is 63.8 Å². The Labute approximate surface area is 140 Å². The lowest BCUT2D eigenvalue weighted by molar-refractivity contribution is 0.432. The van der Waals surface area contributed by atoms with Crippen molar-refractivity contribution in [1.82, 2.24) is 14.7 Å². The van der Waals surface area contributed by atoms with Gasteiger partial charge in [-0.25, -0.2) is 8.78 Å². The number of halogens is 2. The minimum absolute atomic E-state index is 0.0245. The van der Waals surface area contributed by atoms with Crippen LogP contribution in [0.25, 0.3) is 33.4 Å². The molecule has 5 nitrogen and oxygen atoms in total. The van der Waals surface area contributed by atoms with Gasteiger partial charge in [0.1, 0.15) is 5.52 Å². The van der Waals surface area contributed by atoms with Gasteiger partial charge in [0.25, 0.3) is 5.56 Å². The number of rotatable bonds is 3. The number of hydrogen-bond donors (Lipinski definition) is 1. The molecule has 3 heterocycles. The minimum Gasteiger partial charge on any atom is -0.356 e. The molecule has 0 spiro atoms. The van der Waals surface area contributed by atoms with E-state index in [0.717, 1.165) is 6.07 Å². The summed E-state index contributed by atoms with van der Waals surface area (Å²) in [5, 5.41) is 4.15. The Balaban J connectivity index is 1.95. The van der Waals surface area contributed by atoms with Crippen LogP contribution in [0.3, 0.4) is 0 Å². The molecular weight excluding hydrogens is 328 g/mol. The fourth-order valence-electron chi connectivity index (χ4n) is 2.77. The highest BCUT2D eigenvalue weighted by molar-refractivity contribution is 5.96. The van der Waals surface area contributed by atoms with Gasteiger partial charge in [-0.2, -0.15) is 0 Å². The van der Waals surface area contributed by atoms with E-state index in [1.54, 1.807) is 6.20 Å². The van der Waals surface area contributed by atoms with Gasteiger partial charge in [0, 0.05) is 24.5 Å². The summed E-state index contributed by atoms with van der Waals surface area (Å²) in [6.07, 6.45) is 5.62. The second kappa shape index (κ2) is 5.60. The number of aromatic nitrogens is 3. The molecule has 0 amide bonds. The van der Waals surface area contributed by atoms with E-state index < -0.39 is 11.6 Å². The SMILES string of the molecule is CCn1c#cc2c(-c3oncc3-c3cccc(F)c3F)c[nH]c2c1=O. The molecule has 4 rings (SSSR count). The number of nitrogens with one attached hydrogen (secondary N) is 1. The van der Waals surface area contributed by atoms with Crippen molar-refractivity contribution in [3.05, 3.63) is 64.8 Å². The maximum absolute atomic E-state index is 14.1. The third-order valence-electron chi connectivity index (χ3n) is 4.03. The van der Waals surface area contributed by atoms with Gasteiger partial charge in [0.2, 0.25) is 0 Å². The van der Waals surface area contributed by atoms with Crippen molar-refractivity contribution in [3.8, 4) is 22.5 Å². The van der Waals surface area contributed by atoms with Crippen LogP contribution in [0.4, 0.5) is 8.78 Å². The summed E-state index contributed by atoms with van der Waals surface area (Å²) in [6, 6.07) is 6.78. The maximum Gasteiger partial charge on any atom is 0.283 e. The lowest BCUT2D eigenvalue weighted by atomic mass is 10.0. The van der Waals surface area contributed by atoms with Crippen molar-refractivity contribution in [2.24, 2.45) is 0 Å². The Bertz CT molecular complexity index is 1140. The zero-order valence-electron chi connectivity index (χ0n) is 13.1. The molecule has 0 aliphatic carbocycles. The van der Waals surface area contributed by atoms with Gasteiger partial charge in [0.05, 0.1) is 22.7 Å². The first-order valence-electron chi connectivity index (χ1n) is 7.56. The molecule has 0 saturated heterocycles. The van der Waals surface area contributed by atoms with Crippen LogP contribution < -0.4 is 5.56 Å². The highest BCUT2D eigenvalue weighted by atomic mass is 19.2. The monoisotopic (exact) mass is 339 g/mol. The van der Waals surface area contributed by atoms with Crippen LogP contribution in [0, 0.1) is 23.9 Å². The molecule has 0 aliphatic heterocycles. The molecule has 1 aromatic carbocycles. The number of H-pyrrole nitrogens is 1. The van der Waals surface area contributed by atoms with E-state index in [1.807, 2.05) is 6.92 Å². The standard InChI is InChI=1S/C18H11F2N3O2/c1-2-23-7-6-11-12(8-21-16(11)18(23)24)17-13(9-22-25-17)10-4-3-5-14(19)15(10)20/h3-5,8-9,21H,2H2,1H3. The van der Waals surface area contributed by atoms with Crippen molar-refractivity contribution < 1.29 is 13.3 Å². The normalized spacial score (nSPS) is 11.0. The van der Waals surface area contributed by atoms with E-state index >= 15 is 0 Å². The first kappa shape index (κ1) is 15.1. The van der Waals surface area contributed by atoms with E-state index in [-0.39, 0.29) is 22.4 Å². The van der Waals surface area contributed by atoms with Crippen LogP contribution in [0.2, 0.25) is 0 Å². The number of aromatic amines is 1. The summed E-state index contributed by atoms with van der Waals surface area (Å²) < 4.78 is 34.3. The van der Waals surface area contributed by atoms with Gasteiger partial charge in [-0.05, 0) is 19.1 Å². The Hall–Kier alpha value is -3.40. The van der Waals surface area contributed by atoms with E-state index in [0.29, 0.717) is 23.0 Å². The lowest BCUT2D eigenvalue weighted by Gasteiger charge is -2.03. The van der Waals surface area contributed by atoms with Crippen molar-refractivity contribution in [2.45, 2.75) is 13.5 Å². The summed E-state index contributed by atoms with van der Waals surface area (Å²) in [7, 11) is 0.